The number of rotatable bonds is 9. The van der Waals surface area contributed by atoms with Gasteiger partial charge < -0.3 is 15.5 Å². The zero-order valence-corrected chi connectivity index (χ0v) is 10.6. The Hall–Kier alpha value is -1.10. The fourth-order valence-corrected chi connectivity index (χ4v) is 1.52. The van der Waals surface area contributed by atoms with Crippen molar-refractivity contribution in [3.63, 3.8) is 0 Å². The predicted octanol–water partition coefficient (Wildman–Crippen LogP) is 1.30. The van der Waals surface area contributed by atoms with Crippen LogP contribution in [0.5, 0.6) is 0 Å². The van der Waals surface area contributed by atoms with E-state index in [4.69, 9.17) is 5.11 Å². The minimum Gasteiger partial charge on any atom is -0.480 e. The van der Waals surface area contributed by atoms with Crippen LogP contribution in [0.15, 0.2) is 0 Å². The largest absolute Gasteiger partial charge is 0.480 e. The molecule has 0 aliphatic rings. The Morgan fingerprint density at radius 3 is 2.24 bits per heavy atom. The van der Waals surface area contributed by atoms with Crippen LogP contribution in [0.25, 0.3) is 0 Å². The number of unbranched alkanes of at least 4 members (excludes halogenated alkanes) is 4. The lowest BCUT2D eigenvalue weighted by molar-refractivity contribution is -0.144. The van der Waals surface area contributed by atoms with Gasteiger partial charge in [-0.3, -0.25) is 4.79 Å². The van der Waals surface area contributed by atoms with Crippen LogP contribution in [-0.4, -0.2) is 34.2 Å². The van der Waals surface area contributed by atoms with Crippen LogP contribution in [0.4, 0.5) is 0 Å². The maximum absolute atomic E-state index is 11.4. The zero-order valence-electron chi connectivity index (χ0n) is 10.6. The Morgan fingerprint density at radius 1 is 1.18 bits per heavy atom. The van der Waals surface area contributed by atoms with E-state index < -0.39 is 18.1 Å². The quantitative estimate of drug-likeness (QED) is 0.534. The first-order chi connectivity index (χ1) is 7.99. The molecule has 0 bridgehead atoms. The van der Waals surface area contributed by atoms with E-state index in [1.54, 1.807) is 0 Å². The van der Waals surface area contributed by atoms with Gasteiger partial charge in [0.1, 0.15) is 0 Å². The van der Waals surface area contributed by atoms with E-state index in [0.29, 0.717) is 6.42 Å². The number of aliphatic carboxylic acids is 1. The molecule has 0 aromatic carbocycles. The Balaban J connectivity index is 3.80. The summed E-state index contributed by atoms with van der Waals surface area (Å²) in [5.41, 5.74) is 0. The SMILES string of the molecule is CCCCCCCC(=O)N[C@H](C(=O)O)C(C)O. The molecular weight excluding hydrogens is 222 g/mol. The molecule has 0 radical (unpaired) electrons. The molecular formula is C12H23NO4. The van der Waals surface area contributed by atoms with E-state index in [0.717, 1.165) is 32.1 Å². The first kappa shape index (κ1) is 15.9. The molecule has 0 saturated carbocycles. The van der Waals surface area contributed by atoms with Crippen molar-refractivity contribution in [3.8, 4) is 0 Å². The van der Waals surface area contributed by atoms with E-state index in [1.165, 1.54) is 6.92 Å². The van der Waals surface area contributed by atoms with Crippen LogP contribution in [0, 0.1) is 0 Å². The molecule has 0 aromatic heterocycles. The van der Waals surface area contributed by atoms with Gasteiger partial charge >= 0.3 is 5.97 Å². The standard InChI is InChI=1S/C12H23NO4/c1-3-4-5-6-7-8-10(15)13-11(9(2)14)12(16)17/h9,11,14H,3-8H2,1-2H3,(H,13,15)(H,16,17)/t9?,11-/m0/s1. The molecule has 5 heteroatoms. The fourth-order valence-electron chi connectivity index (χ4n) is 1.52. The summed E-state index contributed by atoms with van der Waals surface area (Å²) in [6, 6.07) is -1.21. The van der Waals surface area contributed by atoms with Gasteiger partial charge in [-0.1, -0.05) is 32.6 Å². The van der Waals surface area contributed by atoms with Crippen molar-refractivity contribution in [2.75, 3.05) is 0 Å². The van der Waals surface area contributed by atoms with E-state index in [1.807, 2.05) is 0 Å². The molecule has 0 spiro atoms. The minimum absolute atomic E-state index is 0.310. The minimum atomic E-state index is -1.21. The summed E-state index contributed by atoms with van der Waals surface area (Å²) in [6.45, 7) is 3.47. The third-order valence-electron chi connectivity index (χ3n) is 2.57. The Kier molecular flexibility index (Phi) is 8.40. The van der Waals surface area contributed by atoms with Crippen molar-refractivity contribution in [1.29, 1.82) is 0 Å². The maximum atomic E-state index is 11.4. The van der Waals surface area contributed by atoms with Gasteiger partial charge in [-0.25, -0.2) is 4.79 Å². The van der Waals surface area contributed by atoms with Gasteiger partial charge in [-0.2, -0.15) is 0 Å². The number of carboxylic acid groups (broad SMARTS) is 1. The molecule has 0 aliphatic heterocycles. The average molecular weight is 245 g/mol. The number of carboxylic acids is 1. The summed E-state index contributed by atoms with van der Waals surface area (Å²) in [6.07, 6.45) is 4.38. The summed E-state index contributed by atoms with van der Waals surface area (Å²) in [7, 11) is 0. The highest BCUT2D eigenvalue weighted by Gasteiger charge is 2.24. The maximum Gasteiger partial charge on any atom is 0.328 e. The lowest BCUT2D eigenvalue weighted by Crippen LogP contribution is -2.47. The van der Waals surface area contributed by atoms with Crippen molar-refractivity contribution in [3.05, 3.63) is 0 Å². The molecule has 0 rings (SSSR count). The van der Waals surface area contributed by atoms with Crippen LogP contribution in [0.3, 0.4) is 0 Å². The molecule has 17 heavy (non-hydrogen) atoms. The van der Waals surface area contributed by atoms with Crippen LogP contribution < -0.4 is 5.32 Å². The molecule has 0 aliphatic carbocycles. The summed E-state index contributed by atoms with van der Waals surface area (Å²) in [5.74, 6) is -1.52. The lowest BCUT2D eigenvalue weighted by Gasteiger charge is -2.16. The number of carbonyl (C=O) groups excluding carboxylic acids is 1. The van der Waals surface area contributed by atoms with Crippen molar-refractivity contribution in [2.24, 2.45) is 0 Å². The van der Waals surface area contributed by atoms with Crippen LogP contribution in [0.1, 0.15) is 52.4 Å². The van der Waals surface area contributed by atoms with Crippen LogP contribution in [-0.2, 0) is 9.59 Å². The Labute approximate surface area is 102 Å². The van der Waals surface area contributed by atoms with E-state index >= 15 is 0 Å². The average Bonchev–Trinajstić information content (AvgIpc) is 2.24. The first-order valence-corrected chi connectivity index (χ1v) is 6.19. The highest BCUT2D eigenvalue weighted by Crippen LogP contribution is 2.05. The van der Waals surface area contributed by atoms with Crippen molar-refractivity contribution < 1.29 is 19.8 Å². The first-order valence-electron chi connectivity index (χ1n) is 6.19. The number of hydrogen-bond donors (Lipinski definition) is 3. The molecule has 100 valence electrons. The van der Waals surface area contributed by atoms with E-state index in [2.05, 4.69) is 12.2 Å². The molecule has 1 unspecified atom stereocenters. The highest BCUT2D eigenvalue weighted by atomic mass is 16.4. The molecule has 3 N–H and O–H groups in total. The third-order valence-corrected chi connectivity index (χ3v) is 2.57. The predicted molar refractivity (Wildman–Crippen MR) is 64.6 cm³/mol. The van der Waals surface area contributed by atoms with Crippen molar-refractivity contribution >= 4 is 11.9 Å². The number of nitrogens with one attached hydrogen (secondary N) is 1. The summed E-state index contributed by atoms with van der Waals surface area (Å²) >= 11 is 0. The Bertz CT molecular complexity index is 241. The van der Waals surface area contributed by atoms with Crippen molar-refractivity contribution in [2.45, 2.75) is 64.5 Å². The molecule has 0 aromatic rings. The second-order valence-electron chi connectivity index (χ2n) is 4.29. The smallest absolute Gasteiger partial charge is 0.328 e. The number of amides is 1. The van der Waals surface area contributed by atoms with E-state index in [-0.39, 0.29) is 5.91 Å². The second kappa shape index (κ2) is 8.98. The van der Waals surface area contributed by atoms with Gasteiger partial charge in [-0.15, -0.1) is 0 Å². The van der Waals surface area contributed by atoms with Gasteiger partial charge in [0.15, 0.2) is 6.04 Å². The number of aliphatic hydroxyl groups excluding tert-OH is 1. The van der Waals surface area contributed by atoms with Gasteiger partial charge in [0.25, 0.3) is 0 Å². The molecule has 0 heterocycles. The summed E-state index contributed by atoms with van der Waals surface area (Å²) < 4.78 is 0. The van der Waals surface area contributed by atoms with Crippen LogP contribution >= 0.6 is 0 Å². The van der Waals surface area contributed by atoms with Gasteiger partial charge in [0, 0.05) is 6.42 Å². The molecule has 5 nitrogen and oxygen atoms in total. The fraction of sp³-hybridized carbons (Fsp3) is 0.833. The van der Waals surface area contributed by atoms with Crippen molar-refractivity contribution in [1.82, 2.24) is 5.32 Å². The van der Waals surface area contributed by atoms with Gasteiger partial charge in [-0.05, 0) is 13.3 Å². The molecule has 1 amide bonds. The van der Waals surface area contributed by atoms with Gasteiger partial charge in [0.2, 0.25) is 5.91 Å². The van der Waals surface area contributed by atoms with E-state index in [9.17, 15) is 14.7 Å². The highest BCUT2D eigenvalue weighted by molar-refractivity contribution is 5.83. The summed E-state index contributed by atoms with van der Waals surface area (Å²) in [4.78, 5) is 22.1. The topological polar surface area (TPSA) is 86.6 Å². The monoisotopic (exact) mass is 245 g/mol. The normalized spacial score (nSPS) is 14.1. The Morgan fingerprint density at radius 2 is 1.76 bits per heavy atom. The third kappa shape index (κ3) is 7.74. The van der Waals surface area contributed by atoms with Crippen LogP contribution in [0.2, 0.25) is 0 Å². The molecule has 2 atom stereocenters. The lowest BCUT2D eigenvalue weighted by atomic mass is 10.1. The number of aliphatic hydroxyl groups is 1. The summed E-state index contributed by atoms with van der Waals surface area (Å²) in [5, 5.41) is 20.3. The van der Waals surface area contributed by atoms with Gasteiger partial charge in [0.05, 0.1) is 6.10 Å². The zero-order chi connectivity index (χ0) is 13.3. The number of carbonyl (C=O) groups is 2. The molecule has 0 fully saturated rings. The second-order valence-corrected chi connectivity index (χ2v) is 4.29. The molecule has 0 saturated heterocycles. The number of hydrogen-bond acceptors (Lipinski definition) is 3.